The van der Waals surface area contributed by atoms with Crippen LogP contribution in [-0.2, 0) is 0 Å². The van der Waals surface area contributed by atoms with Crippen molar-refractivity contribution < 1.29 is 9.50 Å². The fourth-order valence-electron chi connectivity index (χ4n) is 1.37. The molecule has 1 aromatic heterocycles. The zero-order chi connectivity index (χ0) is 10.7. The van der Waals surface area contributed by atoms with Crippen LogP contribution in [0.15, 0.2) is 42.2 Å². The highest BCUT2D eigenvalue weighted by atomic mass is 19.1. The monoisotopic (exact) mass is 203 g/mol. The van der Waals surface area contributed by atoms with Crippen molar-refractivity contribution in [2.45, 2.75) is 0 Å². The number of benzene rings is 1. The van der Waals surface area contributed by atoms with E-state index >= 15 is 0 Å². The van der Waals surface area contributed by atoms with E-state index in [1.165, 1.54) is 6.08 Å². The van der Waals surface area contributed by atoms with E-state index in [9.17, 15) is 4.39 Å². The third-order valence-electron chi connectivity index (χ3n) is 2.08. The second kappa shape index (κ2) is 4.19. The van der Waals surface area contributed by atoms with Gasteiger partial charge in [-0.3, -0.25) is 0 Å². The van der Waals surface area contributed by atoms with Gasteiger partial charge in [0.15, 0.2) is 0 Å². The van der Waals surface area contributed by atoms with E-state index < -0.39 is 12.4 Å². The summed E-state index contributed by atoms with van der Waals surface area (Å²) >= 11 is 0. The summed E-state index contributed by atoms with van der Waals surface area (Å²) in [4.78, 5) is 4.24. The molecular formula is C12H10FNO. The molecule has 76 valence electrons. The van der Waals surface area contributed by atoms with Crippen molar-refractivity contribution >= 4 is 17.0 Å². The van der Waals surface area contributed by atoms with Crippen LogP contribution in [0.4, 0.5) is 4.39 Å². The topological polar surface area (TPSA) is 33.1 Å². The molecule has 1 N–H and O–H groups in total. The number of rotatable bonds is 2. The molecule has 0 saturated heterocycles. The molecule has 0 bridgehead atoms. The molecule has 0 radical (unpaired) electrons. The SMILES string of the molecule is OCC(F)=Cc1ccc2ccccc2n1. The van der Waals surface area contributed by atoms with Gasteiger partial charge < -0.3 is 5.11 Å². The Morgan fingerprint density at radius 1 is 1.27 bits per heavy atom. The molecule has 0 unspecified atom stereocenters. The van der Waals surface area contributed by atoms with E-state index in [0.29, 0.717) is 5.69 Å². The van der Waals surface area contributed by atoms with Gasteiger partial charge in [-0.15, -0.1) is 0 Å². The lowest BCUT2D eigenvalue weighted by atomic mass is 10.2. The number of para-hydroxylation sites is 1. The second-order valence-electron chi connectivity index (χ2n) is 3.18. The average Bonchev–Trinajstić information content (AvgIpc) is 2.29. The van der Waals surface area contributed by atoms with Crippen molar-refractivity contribution in [2.24, 2.45) is 0 Å². The molecule has 1 aromatic carbocycles. The van der Waals surface area contributed by atoms with Crippen LogP contribution in [0, 0.1) is 0 Å². The van der Waals surface area contributed by atoms with Gasteiger partial charge >= 0.3 is 0 Å². The predicted molar refractivity (Wildman–Crippen MR) is 57.9 cm³/mol. The van der Waals surface area contributed by atoms with E-state index in [1.807, 2.05) is 30.3 Å². The Labute approximate surface area is 86.7 Å². The number of nitrogens with zero attached hydrogens (tertiary/aromatic N) is 1. The van der Waals surface area contributed by atoms with Gasteiger partial charge in [0.2, 0.25) is 0 Å². The summed E-state index contributed by atoms with van der Waals surface area (Å²) in [7, 11) is 0. The van der Waals surface area contributed by atoms with Crippen LogP contribution >= 0.6 is 0 Å². The van der Waals surface area contributed by atoms with Crippen LogP contribution in [-0.4, -0.2) is 16.7 Å². The Bertz CT molecular complexity index is 508. The van der Waals surface area contributed by atoms with Crippen LogP contribution in [0.5, 0.6) is 0 Å². The number of aromatic nitrogens is 1. The number of pyridine rings is 1. The molecule has 1 heterocycles. The largest absolute Gasteiger partial charge is 0.389 e. The van der Waals surface area contributed by atoms with Crippen molar-refractivity contribution in [1.82, 2.24) is 4.98 Å². The summed E-state index contributed by atoms with van der Waals surface area (Å²) in [5, 5.41) is 9.55. The molecule has 3 heteroatoms. The summed E-state index contributed by atoms with van der Waals surface area (Å²) in [6, 6.07) is 11.2. The molecule has 0 saturated carbocycles. The van der Waals surface area contributed by atoms with Gasteiger partial charge in [0, 0.05) is 5.39 Å². The molecule has 2 aromatic rings. The zero-order valence-electron chi connectivity index (χ0n) is 8.02. The number of aliphatic hydroxyl groups is 1. The van der Waals surface area contributed by atoms with Crippen molar-refractivity contribution in [3.63, 3.8) is 0 Å². The van der Waals surface area contributed by atoms with Crippen LogP contribution in [0.2, 0.25) is 0 Å². The van der Waals surface area contributed by atoms with Gasteiger partial charge in [0.05, 0.1) is 17.8 Å². The first-order valence-corrected chi connectivity index (χ1v) is 4.62. The van der Waals surface area contributed by atoms with Gasteiger partial charge in [-0.25, -0.2) is 9.37 Å². The lowest BCUT2D eigenvalue weighted by molar-refractivity contribution is 0.300. The third-order valence-corrected chi connectivity index (χ3v) is 2.08. The Morgan fingerprint density at radius 3 is 2.87 bits per heavy atom. The molecule has 0 aliphatic heterocycles. The van der Waals surface area contributed by atoms with Crippen molar-refractivity contribution in [2.75, 3.05) is 6.61 Å². The van der Waals surface area contributed by atoms with Gasteiger partial charge in [0.25, 0.3) is 0 Å². The van der Waals surface area contributed by atoms with Crippen molar-refractivity contribution in [3.8, 4) is 0 Å². The summed E-state index contributed by atoms with van der Waals surface area (Å²) in [6.45, 7) is -0.589. The number of aliphatic hydroxyl groups excluding tert-OH is 1. The Morgan fingerprint density at radius 2 is 2.07 bits per heavy atom. The van der Waals surface area contributed by atoms with E-state index in [0.717, 1.165) is 10.9 Å². The van der Waals surface area contributed by atoms with E-state index in [4.69, 9.17) is 5.11 Å². The number of hydrogen-bond acceptors (Lipinski definition) is 2. The highest BCUT2D eigenvalue weighted by molar-refractivity contribution is 5.79. The second-order valence-corrected chi connectivity index (χ2v) is 3.18. The molecule has 15 heavy (non-hydrogen) atoms. The number of halogens is 1. The molecule has 0 fully saturated rings. The molecule has 2 rings (SSSR count). The van der Waals surface area contributed by atoms with Gasteiger partial charge in [-0.05, 0) is 18.2 Å². The highest BCUT2D eigenvalue weighted by Crippen LogP contribution is 2.13. The van der Waals surface area contributed by atoms with Gasteiger partial charge in [-0.2, -0.15) is 0 Å². The Hall–Kier alpha value is -1.74. The Kier molecular flexibility index (Phi) is 2.74. The van der Waals surface area contributed by atoms with E-state index in [2.05, 4.69) is 4.98 Å². The fraction of sp³-hybridized carbons (Fsp3) is 0.0833. The van der Waals surface area contributed by atoms with Crippen LogP contribution in [0.1, 0.15) is 5.69 Å². The first kappa shape index (κ1) is 9.80. The van der Waals surface area contributed by atoms with Crippen molar-refractivity contribution in [3.05, 3.63) is 47.9 Å². The molecule has 2 nitrogen and oxygen atoms in total. The van der Waals surface area contributed by atoms with Gasteiger partial charge in [-0.1, -0.05) is 24.3 Å². The smallest absolute Gasteiger partial charge is 0.127 e. The van der Waals surface area contributed by atoms with Crippen LogP contribution < -0.4 is 0 Å². The fourth-order valence-corrected chi connectivity index (χ4v) is 1.37. The van der Waals surface area contributed by atoms with E-state index in [1.54, 1.807) is 6.07 Å². The standard InChI is InChI=1S/C12H10FNO/c13-10(8-15)7-11-6-5-9-3-1-2-4-12(9)14-11/h1-7,15H,8H2. The third kappa shape index (κ3) is 2.19. The van der Waals surface area contributed by atoms with E-state index in [-0.39, 0.29) is 0 Å². The molecule has 0 spiro atoms. The minimum absolute atomic E-state index is 0.514. The summed E-state index contributed by atoms with van der Waals surface area (Å²) < 4.78 is 12.8. The predicted octanol–water partition coefficient (Wildman–Crippen LogP) is 2.54. The number of hydrogen-bond donors (Lipinski definition) is 1. The van der Waals surface area contributed by atoms with Gasteiger partial charge in [0.1, 0.15) is 5.83 Å². The molecule has 0 aliphatic rings. The minimum Gasteiger partial charge on any atom is -0.389 e. The zero-order valence-corrected chi connectivity index (χ0v) is 8.02. The quantitative estimate of drug-likeness (QED) is 0.813. The molecule has 0 atom stereocenters. The maximum atomic E-state index is 12.8. The minimum atomic E-state index is -0.589. The highest BCUT2D eigenvalue weighted by Gasteiger charge is 1.97. The van der Waals surface area contributed by atoms with Crippen LogP contribution in [0.3, 0.4) is 0 Å². The summed E-state index contributed by atoms with van der Waals surface area (Å²) in [5.74, 6) is -0.585. The lowest BCUT2D eigenvalue weighted by Crippen LogP contribution is -1.86. The first-order chi connectivity index (χ1) is 7.29. The molecule has 0 aliphatic carbocycles. The maximum Gasteiger partial charge on any atom is 0.127 e. The maximum absolute atomic E-state index is 12.8. The van der Waals surface area contributed by atoms with Crippen LogP contribution in [0.25, 0.3) is 17.0 Å². The normalized spacial score (nSPS) is 12.0. The summed E-state index contributed by atoms with van der Waals surface area (Å²) in [6.07, 6.45) is 1.23. The molecule has 0 amide bonds. The summed E-state index contributed by atoms with van der Waals surface area (Å²) in [5.41, 5.74) is 1.33. The lowest BCUT2D eigenvalue weighted by Gasteiger charge is -1.98. The van der Waals surface area contributed by atoms with Crippen molar-refractivity contribution in [1.29, 1.82) is 0 Å². The first-order valence-electron chi connectivity index (χ1n) is 4.62. The Balaban J connectivity index is 2.47. The number of fused-ring (bicyclic) bond motifs is 1. The molecular weight excluding hydrogens is 193 g/mol. The average molecular weight is 203 g/mol.